The van der Waals surface area contributed by atoms with Crippen molar-refractivity contribution in [3.63, 3.8) is 0 Å². The zero-order chi connectivity index (χ0) is 24.1. The first-order chi connectivity index (χ1) is 15.2. The Hall–Kier alpha value is -1.12. The van der Waals surface area contributed by atoms with Crippen LogP contribution in [0.25, 0.3) is 0 Å². The van der Waals surface area contributed by atoms with Crippen molar-refractivity contribution in [1.29, 1.82) is 0 Å². The number of hydrogen-bond donors (Lipinski definition) is 2. The minimum atomic E-state index is 0.162. The molecule has 3 atom stereocenters. The highest BCUT2D eigenvalue weighted by atomic mass is 16.3. The summed E-state index contributed by atoms with van der Waals surface area (Å²) in [5, 5.41) is 19.3. The van der Waals surface area contributed by atoms with Gasteiger partial charge in [0.25, 0.3) is 0 Å². The Morgan fingerprint density at radius 2 is 1.53 bits per heavy atom. The lowest BCUT2D eigenvalue weighted by Crippen LogP contribution is -2.39. The van der Waals surface area contributed by atoms with Gasteiger partial charge in [-0.3, -0.25) is 0 Å². The molecule has 184 valence electrons. The molecule has 0 radical (unpaired) electrons. The van der Waals surface area contributed by atoms with E-state index in [0.717, 1.165) is 50.5 Å². The zero-order valence-electron chi connectivity index (χ0n) is 22.3. The van der Waals surface area contributed by atoms with E-state index >= 15 is 0 Å². The van der Waals surface area contributed by atoms with Gasteiger partial charge >= 0.3 is 0 Å². The lowest BCUT2D eigenvalue weighted by atomic mass is 9.56. The third-order valence-corrected chi connectivity index (χ3v) is 7.92. The van der Waals surface area contributed by atoms with E-state index in [1.807, 2.05) is 0 Å². The lowest BCUT2D eigenvalue weighted by Gasteiger charge is -2.49. The SMILES string of the molecule is CC(C)=CCC/C(C)=C/CC/C(C)=C/CC[C@]1(C)[C@H](C)CC/C(=C(\C)CO)[C@H]1CCCO. The minimum Gasteiger partial charge on any atom is -0.396 e. The summed E-state index contributed by atoms with van der Waals surface area (Å²) < 4.78 is 0. The average molecular weight is 445 g/mol. The maximum absolute atomic E-state index is 9.78. The summed E-state index contributed by atoms with van der Waals surface area (Å²) in [6.45, 7) is 16.3. The number of aliphatic hydroxyl groups excluding tert-OH is 2. The Bertz CT molecular complexity index is 675. The van der Waals surface area contributed by atoms with Crippen molar-refractivity contribution in [3.05, 3.63) is 46.1 Å². The first kappa shape index (κ1) is 28.9. The molecule has 2 N–H and O–H groups in total. The van der Waals surface area contributed by atoms with Crippen LogP contribution in [0.1, 0.15) is 113 Å². The topological polar surface area (TPSA) is 40.5 Å². The molecule has 0 bridgehead atoms. The van der Waals surface area contributed by atoms with Crippen molar-refractivity contribution in [2.24, 2.45) is 17.3 Å². The van der Waals surface area contributed by atoms with Crippen LogP contribution in [0.5, 0.6) is 0 Å². The second-order valence-corrected chi connectivity index (χ2v) is 10.8. The van der Waals surface area contributed by atoms with Crippen LogP contribution in [0.3, 0.4) is 0 Å². The molecule has 0 aromatic carbocycles. The standard InChI is InChI=1S/C30H52O2/c1-23(2)12-8-13-24(3)14-9-15-25(4)16-10-20-30(7)27(6)18-19-28(26(5)22-32)29(30)17-11-21-31/h12,14,16,27,29,31-32H,8-11,13,15,17-22H2,1-7H3/b24-14+,25-16+,28-26-/t27-,29-,30-/m1/s1. The van der Waals surface area contributed by atoms with E-state index in [2.05, 4.69) is 66.7 Å². The van der Waals surface area contributed by atoms with Gasteiger partial charge in [-0.1, -0.05) is 54.4 Å². The molecule has 0 aromatic rings. The minimum absolute atomic E-state index is 0.162. The van der Waals surface area contributed by atoms with Gasteiger partial charge < -0.3 is 10.2 Å². The summed E-state index contributed by atoms with van der Waals surface area (Å²) in [5.74, 6) is 1.15. The van der Waals surface area contributed by atoms with Crippen molar-refractivity contribution in [2.45, 2.75) is 113 Å². The molecule has 0 saturated heterocycles. The van der Waals surface area contributed by atoms with E-state index in [0.29, 0.717) is 11.8 Å². The van der Waals surface area contributed by atoms with Crippen molar-refractivity contribution in [1.82, 2.24) is 0 Å². The van der Waals surface area contributed by atoms with Crippen molar-refractivity contribution >= 4 is 0 Å². The normalized spacial score (nSPS) is 26.3. The molecule has 0 aromatic heterocycles. The van der Waals surface area contributed by atoms with Gasteiger partial charge in [0.05, 0.1) is 6.61 Å². The Morgan fingerprint density at radius 1 is 0.938 bits per heavy atom. The molecule has 1 aliphatic rings. The van der Waals surface area contributed by atoms with Crippen LogP contribution in [0.15, 0.2) is 46.1 Å². The Morgan fingerprint density at radius 3 is 2.09 bits per heavy atom. The fourth-order valence-corrected chi connectivity index (χ4v) is 5.42. The third kappa shape index (κ3) is 9.40. The van der Waals surface area contributed by atoms with Gasteiger partial charge in [0, 0.05) is 6.61 Å². The fraction of sp³-hybridized carbons (Fsp3) is 0.733. The highest BCUT2D eigenvalue weighted by molar-refractivity contribution is 5.22. The number of aliphatic hydroxyl groups is 2. The molecule has 1 fully saturated rings. The van der Waals surface area contributed by atoms with E-state index in [9.17, 15) is 10.2 Å². The smallest absolute Gasteiger partial charge is 0.0641 e. The van der Waals surface area contributed by atoms with Crippen LogP contribution in [0, 0.1) is 17.3 Å². The van der Waals surface area contributed by atoms with Gasteiger partial charge in [0.15, 0.2) is 0 Å². The maximum Gasteiger partial charge on any atom is 0.0641 e. The molecule has 1 rings (SSSR count). The molecular formula is C30H52O2. The van der Waals surface area contributed by atoms with Gasteiger partial charge in [0.1, 0.15) is 0 Å². The van der Waals surface area contributed by atoms with Crippen LogP contribution in [-0.2, 0) is 0 Å². The van der Waals surface area contributed by atoms with Gasteiger partial charge in [-0.15, -0.1) is 0 Å². The lowest BCUT2D eigenvalue weighted by molar-refractivity contribution is 0.0674. The van der Waals surface area contributed by atoms with Gasteiger partial charge in [-0.05, 0) is 122 Å². The summed E-state index contributed by atoms with van der Waals surface area (Å²) in [4.78, 5) is 0. The first-order valence-corrected chi connectivity index (χ1v) is 13.0. The highest BCUT2D eigenvalue weighted by Crippen LogP contribution is 2.53. The molecule has 32 heavy (non-hydrogen) atoms. The quantitative estimate of drug-likeness (QED) is 0.280. The zero-order valence-corrected chi connectivity index (χ0v) is 22.3. The summed E-state index contributed by atoms with van der Waals surface area (Å²) in [7, 11) is 0. The Balaban J connectivity index is 2.72. The predicted molar refractivity (Wildman–Crippen MR) is 141 cm³/mol. The summed E-state index contributed by atoms with van der Waals surface area (Å²) in [6, 6.07) is 0. The largest absolute Gasteiger partial charge is 0.396 e. The molecular weight excluding hydrogens is 392 g/mol. The molecule has 1 aliphatic carbocycles. The van der Waals surface area contributed by atoms with E-state index in [1.54, 1.807) is 0 Å². The van der Waals surface area contributed by atoms with Crippen LogP contribution >= 0.6 is 0 Å². The van der Waals surface area contributed by atoms with E-state index in [4.69, 9.17) is 0 Å². The number of hydrogen-bond acceptors (Lipinski definition) is 2. The number of allylic oxidation sites excluding steroid dienone is 7. The van der Waals surface area contributed by atoms with Gasteiger partial charge in [0.2, 0.25) is 0 Å². The Kier molecular flexibility index (Phi) is 13.5. The molecule has 2 heteroatoms. The van der Waals surface area contributed by atoms with E-state index in [-0.39, 0.29) is 18.6 Å². The van der Waals surface area contributed by atoms with Crippen LogP contribution in [0.2, 0.25) is 0 Å². The third-order valence-electron chi connectivity index (χ3n) is 7.92. The van der Waals surface area contributed by atoms with Crippen molar-refractivity contribution in [3.8, 4) is 0 Å². The molecule has 0 amide bonds. The van der Waals surface area contributed by atoms with Crippen LogP contribution < -0.4 is 0 Å². The second kappa shape index (κ2) is 14.9. The molecule has 0 aliphatic heterocycles. The van der Waals surface area contributed by atoms with Crippen LogP contribution in [0.4, 0.5) is 0 Å². The second-order valence-electron chi connectivity index (χ2n) is 10.8. The highest BCUT2D eigenvalue weighted by Gasteiger charge is 2.43. The maximum atomic E-state index is 9.78. The Labute approximate surface area is 199 Å². The summed E-state index contributed by atoms with van der Waals surface area (Å²) >= 11 is 0. The van der Waals surface area contributed by atoms with Crippen LogP contribution in [-0.4, -0.2) is 23.4 Å². The van der Waals surface area contributed by atoms with E-state index in [1.165, 1.54) is 41.6 Å². The molecule has 0 spiro atoms. The predicted octanol–water partition coefficient (Wildman–Crippen LogP) is 8.32. The number of rotatable bonds is 13. The van der Waals surface area contributed by atoms with E-state index < -0.39 is 0 Å². The molecule has 0 heterocycles. The van der Waals surface area contributed by atoms with Crippen molar-refractivity contribution < 1.29 is 10.2 Å². The fourth-order valence-electron chi connectivity index (χ4n) is 5.42. The van der Waals surface area contributed by atoms with Gasteiger partial charge in [-0.25, -0.2) is 0 Å². The molecule has 0 unspecified atom stereocenters. The average Bonchev–Trinajstić information content (AvgIpc) is 2.74. The molecule has 1 saturated carbocycles. The summed E-state index contributed by atoms with van der Waals surface area (Å²) in [6.07, 6.45) is 18.3. The first-order valence-electron chi connectivity index (χ1n) is 13.0. The molecule has 2 nitrogen and oxygen atoms in total. The van der Waals surface area contributed by atoms with Gasteiger partial charge in [-0.2, -0.15) is 0 Å². The monoisotopic (exact) mass is 444 g/mol. The summed E-state index contributed by atoms with van der Waals surface area (Å²) in [5.41, 5.74) is 7.27. The van der Waals surface area contributed by atoms with Crippen molar-refractivity contribution in [2.75, 3.05) is 13.2 Å².